The molecule has 1 aromatic heterocycles. The van der Waals surface area contributed by atoms with E-state index in [1.807, 2.05) is 24.0 Å². The van der Waals surface area contributed by atoms with Crippen molar-refractivity contribution in [3.8, 4) is 0 Å². The summed E-state index contributed by atoms with van der Waals surface area (Å²) in [5.41, 5.74) is 6.42. The predicted molar refractivity (Wildman–Crippen MR) is 128 cm³/mol. The molecule has 5 rings (SSSR count). The summed E-state index contributed by atoms with van der Waals surface area (Å²) in [5.74, 6) is 1.13. The highest BCUT2D eigenvalue weighted by atomic mass is 32.2. The number of benzene rings is 1. The van der Waals surface area contributed by atoms with Gasteiger partial charge in [-0.1, -0.05) is 36.9 Å². The zero-order valence-corrected chi connectivity index (χ0v) is 19.3. The molecular formula is C25H30N4S. The van der Waals surface area contributed by atoms with Crippen LogP contribution in [-0.4, -0.2) is 39.4 Å². The number of amidine groups is 1. The molecule has 30 heavy (non-hydrogen) atoms. The SMILES string of the molecule is CC[C@H]1CSC2=N[C@@H](c3ccccn3)[C@@H](c3ccc4c(c3)C(C)=CC(C)(C)N4C)N21. The number of aromatic nitrogens is 1. The van der Waals surface area contributed by atoms with Crippen LogP contribution >= 0.6 is 11.8 Å². The van der Waals surface area contributed by atoms with Gasteiger partial charge in [-0.2, -0.15) is 0 Å². The number of likely N-dealkylation sites (N-methyl/N-ethyl adjacent to an activating group) is 1. The van der Waals surface area contributed by atoms with Gasteiger partial charge in [-0.25, -0.2) is 0 Å². The molecule has 0 radical (unpaired) electrons. The lowest BCUT2D eigenvalue weighted by atomic mass is 9.86. The van der Waals surface area contributed by atoms with Crippen molar-refractivity contribution in [2.75, 3.05) is 17.7 Å². The average Bonchev–Trinajstić information content (AvgIpc) is 3.31. The van der Waals surface area contributed by atoms with Crippen LogP contribution in [0.1, 0.15) is 63.0 Å². The Hall–Kier alpha value is -2.27. The number of fused-ring (bicyclic) bond motifs is 2. The van der Waals surface area contributed by atoms with Crippen LogP contribution in [0.2, 0.25) is 0 Å². The first kappa shape index (κ1) is 19.7. The van der Waals surface area contributed by atoms with Crippen LogP contribution in [0.4, 0.5) is 5.69 Å². The molecule has 3 aliphatic heterocycles. The zero-order valence-electron chi connectivity index (χ0n) is 18.5. The molecule has 3 atom stereocenters. The Balaban J connectivity index is 1.62. The second-order valence-corrected chi connectivity index (χ2v) is 10.1. The molecule has 156 valence electrons. The van der Waals surface area contributed by atoms with Gasteiger partial charge in [0.15, 0.2) is 5.17 Å². The van der Waals surface area contributed by atoms with Gasteiger partial charge < -0.3 is 9.80 Å². The summed E-state index contributed by atoms with van der Waals surface area (Å²) in [5, 5.41) is 1.19. The topological polar surface area (TPSA) is 31.7 Å². The van der Waals surface area contributed by atoms with Gasteiger partial charge >= 0.3 is 0 Å². The first-order chi connectivity index (χ1) is 14.4. The molecule has 3 aliphatic rings. The lowest BCUT2D eigenvalue weighted by Crippen LogP contribution is -2.42. The lowest BCUT2D eigenvalue weighted by Gasteiger charge is -2.41. The normalized spacial score (nSPS) is 26.9. The van der Waals surface area contributed by atoms with Gasteiger partial charge in [0.25, 0.3) is 0 Å². The molecule has 0 saturated carbocycles. The fourth-order valence-electron chi connectivity index (χ4n) is 5.07. The monoisotopic (exact) mass is 418 g/mol. The smallest absolute Gasteiger partial charge is 0.160 e. The van der Waals surface area contributed by atoms with Gasteiger partial charge in [0.1, 0.15) is 6.04 Å². The maximum Gasteiger partial charge on any atom is 0.160 e. The summed E-state index contributed by atoms with van der Waals surface area (Å²) >= 11 is 1.90. The highest BCUT2D eigenvalue weighted by Gasteiger charge is 2.45. The van der Waals surface area contributed by atoms with E-state index >= 15 is 0 Å². The molecule has 1 fully saturated rings. The molecule has 2 aromatic rings. The Labute approximate surface area is 184 Å². The Morgan fingerprint density at radius 1 is 1.20 bits per heavy atom. The molecule has 1 saturated heterocycles. The zero-order chi connectivity index (χ0) is 21.0. The van der Waals surface area contributed by atoms with Gasteiger partial charge in [0.2, 0.25) is 0 Å². The van der Waals surface area contributed by atoms with E-state index in [2.05, 4.69) is 85.9 Å². The lowest BCUT2D eigenvalue weighted by molar-refractivity contribution is 0.255. The molecule has 0 bridgehead atoms. The summed E-state index contributed by atoms with van der Waals surface area (Å²) in [6, 6.07) is 14.0. The predicted octanol–water partition coefficient (Wildman–Crippen LogP) is 5.69. The Kier molecular flexibility index (Phi) is 4.69. The van der Waals surface area contributed by atoms with Gasteiger partial charge in [-0.3, -0.25) is 9.98 Å². The summed E-state index contributed by atoms with van der Waals surface area (Å²) < 4.78 is 0. The number of hydrogen-bond acceptors (Lipinski definition) is 5. The Morgan fingerprint density at radius 3 is 2.77 bits per heavy atom. The summed E-state index contributed by atoms with van der Waals surface area (Å²) in [6.07, 6.45) is 5.40. The third-order valence-electron chi connectivity index (χ3n) is 6.91. The minimum Gasteiger partial charge on any atom is -0.366 e. The second-order valence-electron chi connectivity index (χ2n) is 9.15. The Bertz CT molecular complexity index is 1030. The number of rotatable bonds is 3. The van der Waals surface area contributed by atoms with Gasteiger partial charge in [-0.15, -0.1) is 0 Å². The summed E-state index contributed by atoms with van der Waals surface area (Å²) in [7, 11) is 2.19. The van der Waals surface area contributed by atoms with Crippen molar-refractivity contribution in [3.63, 3.8) is 0 Å². The Morgan fingerprint density at radius 2 is 2.03 bits per heavy atom. The quantitative estimate of drug-likeness (QED) is 0.641. The average molecular weight is 419 g/mol. The first-order valence-electron chi connectivity index (χ1n) is 10.9. The van der Waals surface area contributed by atoms with E-state index in [1.54, 1.807) is 0 Å². The fraction of sp³-hybridized carbons (Fsp3) is 0.440. The van der Waals surface area contributed by atoms with Crippen LogP contribution in [0.5, 0.6) is 0 Å². The van der Waals surface area contributed by atoms with E-state index in [1.165, 1.54) is 27.6 Å². The number of aliphatic imine (C=N–C) groups is 1. The number of allylic oxidation sites excluding steroid dienone is 1. The second kappa shape index (κ2) is 7.16. The number of hydrogen-bond donors (Lipinski definition) is 0. The van der Waals surface area contributed by atoms with E-state index < -0.39 is 0 Å². The van der Waals surface area contributed by atoms with Crippen molar-refractivity contribution in [3.05, 3.63) is 65.5 Å². The van der Waals surface area contributed by atoms with Gasteiger partial charge in [-0.05, 0) is 62.6 Å². The minimum atomic E-state index is 0.0254. The third-order valence-corrected chi connectivity index (χ3v) is 8.04. The molecular weight excluding hydrogens is 388 g/mol. The van der Waals surface area contributed by atoms with Crippen molar-refractivity contribution >= 4 is 28.2 Å². The molecule has 4 nitrogen and oxygen atoms in total. The van der Waals surface area contributed by atoms with Crippen molar-refractivity contribution < 1.29 is 0 Å². The third kappa shape index (κ3) is 2.97. The van der Waals surface area contributed by atoms with E-state index in [0.717, 1.165) is 17.9 Å². The highest BCUT2D eigenvalue weighted by molar-refractivity contribution is 8.14. The van der Waals surface area contributed by atoms with Crippen LogP contribution < -0.4 is 4.90 Å². The van der Waals surface area contributed by atoms with E-state index in [0.29, 0.717) is 6.04 Å². The van der Waals surface area contributed by atoms with E-state index in [-0.39, 0.29) is 17.6 Å². The van der Waals surface area contributed by atoms with Crippen molar-refractivity contribution in [1.29, 1.82) is 0 Å². The van der Waals surface area contributed by atoms with Crippen molar-refractivity contribution in [2.24, 2.45) is 4.99 Å². The molecule has 1 aromatic carbocycles. The number of pyridine rings is 1. The summed E-state index contributed by atoms with van der Waals surface area (Å²) in [4.78, 5) is 14.8. The van der Waals surface area contributed by atoms with Crippen LogP contribution in [0.15, 0.2) is 53.7 Å². The first-order valence-corrected chi connectivity index (χ1v) is 11.9. The minimum absolute atomic E-state index is 0.0254. The molecule has 4 heterocycles. The molecule has 5 heteroatoms. The molecule has 0 N–H and O–H groups in total. The number of thioether (sulfide) groups is 1. The molecule has 0 amide bonds. The van der Waals surface area contributed by atoms with Gasteiger partial charge in [0.05, 0.1) is 17.3 Å². The van der Waals surface area contributed by atoms with Gasteiger partial charge in [0, 0.05) is 36.3 Å². The highest BCUT2D eigenvalue weighted by Crippen LogP contribution is 2.50. The van der Waals surface area contributed by atoms with Crippen LogP contribution in [0, 0.1) is 0 Å². The number of anilines is 1. The number of nitrogens with zero attached hydrogens (tertiary/aromatic N) is 4. The largest absolute Gasteiger partial charge is 0.366 e. The van der Waals surface area contributed by atoms with E-state index in [9.17, 15) is 0 Å². The molecule has 0 spiro atoms. The van der Waals surface area contributed by atoms with Crippen molar-refractivity contribution in [2.45, 2.75) is 57.8 Å². The maximum atomic E-state index is 5.16. The van der Waals surface area contributed by atoms with Crippen molar-refractivity contribution in [1.82, 2.24) is 9.88 Å². The molecule has 0 unspecified atom stereocenters. The van der Waals surface area contributed by atoms with E-state index in [4.69, 9.17) is 4.99 Å². The summed E-state index contributed by atoms with van der Waals surface area (Å²) in [6.45, 7) is 9.07. The maximum absolute atomic E-state index is 5.16. The van der Waals surface area contributed by atoms with Crippen LogP contribution in [0.25, 0.3) is 5.57 Å². The fourth-order valence-corrected chi connectivity index (χ4v) is 6.41. The van der Waals surface area contributed by atoms with Crippen LogP contribution in [-0.2, 0) is 0 Å². The van der Waals surface area contributed by atoms with Crippen LogP contribution in [0.3, 0.4) is 0 Å². The standard InChI is InChI=1S/C25H30N4S/c1-6-18-15-30-24-27-22(20-9-7-8-12-26-20)23(29(18)24)17-10-11-21-19(13-17)16(2)14-25(3,4)28(21)5/h7-14,18,22-23H,6,15H2,1-5H3/t18-,22-,23+/m0/s1. The molecule has 0 aliphatic carbocycles.